The first-order chi connectivity index (χ1) is 14.6. The van der Waals surface area contributed by atoms with E-state index in [0.717, 1.165) is 0 Å². The van der Waals surface area contributed by atoms with E-state index in [2.05, 4.69) is 41.4 Å². The average Bonchev–Trinajstić information content (AvgIpc) is 3.08. The summed E-state index contributed by atoms with van der Waals surface area (Å²) in [4.78, 5) is 12.1. The van der Waals surface area contributed by atoms with Crippen molar-refractivity contribution >= 4 is 11.8 Å². The molecule has 0 radical (unpaired) electrons. The number of carbonyl (C=O) groups is 1. The van der Waals surface area contributed by atoms with Gasteiger partial charge >= 0.3 is 6.09 Å². The molecule has 0 atom stereocenters. The van der Waals surface area contributed by atoms with Crippen LogP contribution in [-0.4, -0.2) is 19.2 Å². The number of anilines is 1. The van der Waals surface area contributed by atoms with Crippen LogP contribution in [0.3, 0.4) is 0 Å². The quantitative estimate of drug-likeness (QED) is 0.379. The lowest BCUT2D eigenvalue weighted by molar-refractivity contribution is 0.143. The van der Waals surface area contributed by atoms with Gasteiger partial charge in [-0.05, 0) is 40.5 Å². The Balaban J connectivity index is 1.29. The van der Waals surface area contributed by atoms with Gasteiger partial charge in [0.25, 0.3) is 0 Å². The topological polar surface area (TPSA) is 64.3 Å². The molecule has 1 aliphatic carbocycles. The van der Waals surface area contributed by atoms with Gasteiger partial charge in [0.05, 0.1) is 5.69 Å². The smallest absolute Gasteiger partial charge is 0.407 e. The van der Waals surface area contributed by atoms with Crippen molar-refractivity contribution in [3.63, 3.8) is 0 Å². The fourth-order valence-corrected chi connectivity index (χ4v) is 3.65. The molecule has 4 rings (SSSR count). The lowest BCUT2D eigenvalue weighted by Crippen LogP contribution is -2.26. The minimum atomic E-state index is -0.487. The van der Waals surface area contributed by atoms with Gasteiger partial charge in [0, 0.05) is 24.4 Å². The first-order valence-corrected chi connectivity index (χ1v) is 9.76. The molecule has 30 heavy (non-hydrogen) atoms. The molecule has 0 aliphatic heterocycles. The summed E-state index contributed by atoms with van der Waals surface area (Å²) < 4.78 is 18.9. The van der Waals surface area contributed by atoms with Gasteiger partial charge in [-0.2, -0.15) is 0 Å². The van der Waals surface area contributed by atoms with E-state index in [1.807, 2.05) is 24.3 Å². The largest absolute Gasteiger partial charge is 0.449 e. The number of nitrogen functional groups attached to an aromatic ring is 1. The van der Waals surface area contributed by atoms with E-state index in [9.17, 15) is 9.18 Å². The molecule has 3 aromatic carbocycles. The van der Waals surface area contributed by atoms with Gasteiger partial charge in [-0.3, -0.25) is 0 Å². The summed E-state index contributed by atoms with van der Waals surface area (Å²) in [6, 6.07) is 20.8. The van der Waals surface area contributed by atoms with Crippen molar-refractivity contribution in [2.45, 2.75) is 12.3 Å². The minimum absolute atomic E-state index is 0.0309. The number of hydrogen-bond acceptors (Lipinski definition) is 3. The maximum atomic E-state index is 13.4. The van der Waals surface area contributed by atoms with Crippen molar-refractivity contribution < 1.29 is 13.9 Å². The standard InChI is InChI=1S/C25H21FN2O2/c26-23-15-17(12-13-24(23)27)7-5-6-14-28-25(29)30-16-22-20-10-3-1-8-18(20)19-9-2-4-11-21(19)22/h1-4,8-13,15,22H,6,14,16,27H2,(H,28,29). The minimum Gasteiger partial charge on any atom is -0.449 e. The van der Waals surface area contributed by atoms with Gasteiger partial charge in [0.15, 0.2) is 0 Å². The Bertz CT molecular complexity index is 1100. The molecular formula is C25H21FN2O2. The number of alkyl carbamates (subject to hydrolysis) is 1. The van der Waals surface area contributed by atoms with E-state index in [1.54, 1.807) is 6.07 Å². The van der Waals surface area contributed by atoms with Crippen LogP contribution >= 0.6 is 0 Å². The predicted octanol–water partition coefficient (Wildman–Crippen LogP) is 4.69. The number of ether oxygens (including phenoxy) is 1. The van der Waals surface area contributed by atoms with Crippen molar-refractivity contribution in [3.8, 4) is 23.0 Å². The van der Waals surface area contributed by atoms with Crippen LogP contribution in [0.2, 0.25) is 0 Å². The van der Waals surface area contributed by atoms with Gasteiger partial charge in [0.1, 0.15) is 12.4 Å². The highest BCUT2D eigenvalue weighted by Crippen LogP contribution is 2.44. The maximum Gasteiger partial charge on any atom is 0.407 e. The molecular weight excluding hydrogens is 379 g/mol. The van der Waals surface area contributed by atoms with E-state index in [1.165, 1.54) is 34.4 Å². The van der Waals surface area contributed by atoms with Crippen LogP contribution in [0.5, 0.6) is 0 Å². The second kappa shape index (κ2) is 8.71. The molecule has 0 spiro atoms. The van der Waals surface area contributed by atoms with Crippen LogP contribution in [0.25, 0.3) is 11.1 Å². The normalized spacial score (nSPS) is 11.8. The summed E-state index contributed by atoms with van der Waals surface area (Å²) in [6.45, 7) is 0.622. The number of fused-ring (bicyclic) bond motifs is 3. The van der Waals surface area contributed by atoms with Crippen molar-refractivity contribution in [2.24, 2.45) is 0 Å². The third kappa shape index (κ3) is 4.13. The Hall–Kier alpha value is -3.78. The van der Waals surface area contributed by atoms with Gasteiger partial charge in [0.2, 0.25) is 0 Å². The highest BCUT2D eigenvalue weighted by molar-refractivity contribution is 5.79. The van der Waals surface area contributed by atoms with E-state index < -0.39 is 11.9 Å². The average molecular weight is 400 g/mol. The lowest BCUT2D eigenvalue weighted by atomic mass is 9.98. The molecule has 4 nitrogen and oxygen atoms in total. The van der Waals surface area contributed by atoms with Gasteiger partial charge in [-0.15, -0.1) is 0 Å². The third-order valence-electron chi connectivity index (χ3n) is 5.10. The number of nitrogens with one attached hydrogen (secondary N) is 1. The van der Waals surface area contributed by atoms with Crippen molar-refractivity contribution in [2.75, 3.05) is 18.9 Å². The van der Waals surface area contributed by atoms with Crippen LogP contribution in [-0.2, 0) is 4.74 Å². The molecule has 3 N–H and O–H groups in total. The molecule has 0 unspecified atom stereocenters. The van der Waals surface area contributed by atoms with Gasteiger partial charge in [-0.1, -0.05) is 60.4 Å². The summed E-state index contributed by atoms with van der Waals surface area (Å²) in [7, 11) is 0. The molecule has 1 amide bonds. The van der Waals surface area contributed by atoms with Gasteiger partial charge < -0.3 is 15.8 Å². The summed E-state index contributed by atoms with van der Waals surface area (Å²) in [5, 5.41) is 2.70. The summed E-state index contributed by atoms with van der Waals surface area (Å²) >= 11 is 0. The monoisotopic (exact) mass is 400 g/mol. The van der Waals surface area contributed by atoms with E-state index in [-0.39, 0.29) is 18.2 Å². The van der Waals surface area contributed by atoms with Crippen LogP contribution in [0.1, 0.15) is 29.0 Å². The number of carbonyl (C=O) groups excluding carboxylic acids is 1. The SMILES string of the molecule is Nc1ccc(C#CCCNC(=O)OCC2c3ccccc3-c3ccccc32)cc1F. The summed E-state index contributed by atoms with van der Waals surface area (Å²) in [6.07, 6.45) is -0.0480. The van der Waals surface area contributed by atoms with Gasteiger partial charge in [-0.25, -0.2) is 9.18 Å². The number of benzene rings is 3. The zero-order chi connectivity index (χ0) is 20.9. The molecule has 5 heteroatoms. The Labute approximate surface area is 174 Å². The molecule has 1 aliphatic rings. The van der Waals surface area contributed by atoms with Crippen molar-refractivity contribution in [3.05, 3.63) is 89.2 Å². The Kier molecular flexibility index (Phi) is 5.67. The zero-order valence-electron chi connectivity index (χ0n) is 16.3. The Morgan fingerprint density at radius 3 is 2.37 bits per heavy atom. The second-order valence-corrected chi connectivity index (χ2v) is 7.04. The lowest BCUT2D eigenvalue weighted by Gasteiger charge is -2.14. The van der Waals surface area contributed by atoms with Crippen LogP contribution < -0.4 is 11.1 Å². The third-order valence-corrected chi connectivity index (χ3v) is 5.10. The number of halogens is 1. The molecule has 3 aromatic rings. The number of amides is 1. The number of rotatable bonds is 4. The summed E-state index contributed by atoms with van der Waals surface area (Å²) in [5.41, 5.74) is 10.8. The first kappa shape index (κ1) is 19.5. The van der Waals surface area contributed by atoms with Crippen molar-refractivity contribution in [1.29, 1.82) is 0 Å². The Morgan fingerprint density at radius 1 is 1.03 bits per heavy atom. The fraction of sp³-hybridized carbons (Fsp3) is 0.160. The predicted molar refractivity (Wildman–Crippen MR) is 115 cm³/mol. The molecule has 0 fully saturated rings. The fourth-order valence-electron chi connectivity index (χ4n) is 3.65. The molecule has 150 valence electrons. The molecule has 0 saturated carbocycles. The maximum absolute atomic E-state index is 13.4. The van der Waals surface area contributed by atoms with Crippen LogP contribution in [0.15, 0.2) is 66.7 Å². The number of hydrogen-bond donors (Lipinski definition) is 2. The molecule has 0 saturated heterocycles. The Morgan fingerprint density at radius 2 is 1.70 bits per heavy atom. The molecule has 0 aromatic heterocycles. The number of nitrogens with two attached hydrogens (primary N) is 1. The highest BCUT2D eigenvalue weighted by atomic mass is 19.1. The second-order valence-electron chi connectivity index (χ2n) is 7.04. The first-order valence-electron chi connectivity index (χ1n) is 9.76. The molecule has 0 bridgehead atoms. The van der Waals surface area contributed by atoms with E-state index in [4.69, 9.17) is 10.5 Å². The zero-order valence-corrected chi connectivity index (χ0v) is 16.3. The van der Waals surface area contributed by atoms with E-state index >= 15 is 0 Å². The van der Waals surface area contributed by atoms with Crippen molar-refractivity contribution in [1.82, 2.24) is 5.32 Å². The summed E-state index contributed by atoms with van der Waals surface area (Å²) in [5.74, 6) is 5.29. The molecule has 0 heterocycles. The highest BCUT2D eigenvalue weighted by Gasteiger charge is 2.28. The van der Waals surface area contributed by atoms with E-state index in [0.29, 0.717) is 18.5 Å². The van der Waals surface area contributed by atoms with Crippen LogP contribution in [0, 0.1) is 17.7 Å². The van der Waals surface area contributed by atoms with Crippen LogP contribution in [0.4, 0.5) is 14.9 Å².